The van der Waals surface area contributed by atoms with Crippen molar-refractivity contribution in [1.82, 2.24) is 25.4 Å². The molecule has 136 valence electrons. The van der Waals surface area contributed by atoms with E-state index >= 15 is 0 Å². The lowest BCUT2D eigenvalue weighted by atomic mass is 9.98. The predicted molar refractivity (Wildman–Crippen MR) is 92.6 cm³/mol. The number of likely N-dealkylation sites (tertiary alicyclic amines) is 1. The molecule has 5 nitrogen and oxygen atoms in total. The summed E-state index contributed by atoms with van der Waals surface area (Å²) < 4.78 is 40.4. The van der Waals surface area contributed by atoms with Crippen LogP contribution in [-0.2, 0) is 0 Å². The summed E-state index contributed by atoms with van der Waals surface area (Å²) in [5, 5.41) is 10.6. The van der Waals surface area contributed by atoms with Crippen LogP contribution in [0.1, 0.15) is 24.8 Å². The molecule has 2 aliphatic heterocycles. The highest BCUT2D eigenvalue weighted by molar-refractivity contribution is 5.93. The second-order valence-corrected chi connectivity index (χ2v) is 6.52. The third kappa shape index (κ3) is 2.95. The fraction of sp³-hybridized carbons (Fsp3) is 0.333. The standard InChI is InChI=1S/C18H18F3N5/c1-11-8-12(13-5-6-22-17-14(13)10-23-25-17)9-16(24-11)26-7-3-2-4-15(26)18(19,20)21/h5-6,8-10,15,24H,1-4,7H2,(H,22,23,25). The largest absolute Gasteiger partial charge is 0.408 e. The summed E-state index contributed by atoms with van der Waals surface area (Å²) in [4.78, 5) is 5.62. The summed E-state index contributed by atoms with van der Waals surface area (Å²) in [5.74, 6) is 0.433. The highest BCUT2D eigenvalue weighted by Gasteiger charge is 2.45. The van der Waals surface area contributed by atoms with E-state index in [-0.39, 0.29) is 6.42 Å². The molecular weight excluding hydrogens is 343 g/mol. The number of fused-ring (bicyclic) bond motifs is 1. The molecule has 0 radical (unpaired) electrons. The van der Waals surface area contributed by atoms with Gasteiger partial charge in [0, 0.05) is 23.8 Å². The third-order valence-electron chi connectivity index (χ3n) is 4.77. The SMILES string of the molecule is C=C1C=C(c2ccnc3[nH]ncc23)C=C(N2CCCCC2C(F)(F)F)N1. The Kier molecular flexibility index (Phi) is 3.97. The van der Waals surface area contributed by atoms with Crippen LogP contribution in [0.25, 0.3) is 16.6 Å². The zero-order chi connectivity index (χ0) is 18.3. The van der Waals surface area contributed by atoms with E-state index in [9.17, 15) is 13.2 Å². The molecule has 4 heterocycles. The Morgan fingerprint density at radius 1 is 1.23 bits per heavy atom. The van der Waals surface area contributed by atoms with Gasteiger partial charge in [-0.1, -0.05) is 6.58 Å². The average molecular weight is 361 g/mol. The van der Waals surface area contributed by atoms with E-state index in [1.807, 2.05) is 12.1 Å². The Morgan fingerprint density at radius 3 is 2.88 bits per heavy atom. The first kappa shape index (κ1) is 16.7. The van der Waals surface area contributed by atoms with Crippen LogP contribution in [0.2, 0.25) is 0 Å². The van der Waals surface area contributed by atoms with Crippen LogP contribution in [0.5, 0.6) is 0 Å². The van der Waals surface area contributed by atoms with E-state index in [1.165, 1.54) is 4.90 Å². The number of aromatic nitrogens is 3. The van der Waals surface area contributed by atoms with E-state index < -0.39 is 12.2 Å². The van der Waals surface area contributed by atoms with Gasteiger partial charge in [-0.25, -0.2) is 4.98 Å². The second kappa shape index (κ2) is 6.19. The molecule has 1 unspecified atom stereocenters. The smallest absolute Gasteiger partial charge is 0.346 e. The van der Waals surface area contributed by atoms with Crippen LogP contribution >= 0.6 is 0 Å². The van der Waals surface area contributed by atoms with Crippen LogP contribution < -0.4 is 5.32 Å². The van der Waals surface area contributed by atoms with Crippen LogP contribution in [0.4, 0.5) is 13.2 Å². The first-order chi connectivity index (χ1) is 12.4. The number of hydrogen-bond donors (Lipinski definition) is 2. The molecule has 4 rings (SSSR count). The Balaban J connectivity index is 1.75. The molecule has 0 bridgehead atoms. The van der Waals surface area contributed by atoms with E-state index in [1.54, 1.807) is 18.5 Å². The van der Waals surface area contributed by atoms with Crippen molar-refractivity contribution in [3.63, 3.8) is 0 Å². The number of aromatic amines is 1. The van der Waals surface area contributed by atoms with Gasteiger partial charge in [-0.15, -0.1) is 0 Å². The van der Waals surface area contributed by atoms with Crippen LogP contribution in [0, 0.1) is 0 Å². The summed E-state index contributed by atoms with van der Waals surface area (Å²) in [7, 11) is 0. The van der Waals surface area contributed by atoms with Gasteiger partial charge in [0.2, 0.25) is 0 Å². The molecule has 26 heavy (non-hydrogen) atoms. The fourth-order valence-electron chi connectivity index (χ4n) is 3.59. The third-order valence-corrected chi connectivity index (χ3v) is 4.77. The maximum atomic E-state index is 13.5. The average Bonchev–Trinajstić information content (AvgIpc) is 3.09. The monoisotopic (exact) mass is 361 g/mol. The number of piperidine rings is 1. The van der Waals surface area contributed by atoms with E-state index in [0.717, 1.165) is 22.9 Å². The van der Waals surface area contributed by atoms with Crippen molar-refractivity contribution in [3.05, 3.63) is 54.3 Å². The molecule has 0 aliphatic carbocycles. The minimum Gasteiger partial charge on any atom is -0.346 e. The number of allylic oxidation sites excluding steroid dienone is 3. The van der Waals surface area contributed by atoms with Gasteiger partial charge in [0.1, 0.15) is 11.9 Å². The Labute approximate surface area is 148 Å². The first-order valence-corrected chi connectivity index (χ1v) is 8.44. The minimum absolute atomic E-state index is 0.106. The molecule has 2 aromatic rings. The van der Waals surface area contributed by atoms with E-state index in [0.29, 0.717) is 30.1 Å². The number of nitrogens with zero attached hydrogens (tertiary/aromatic N) is 3. The minimum atomic E-state index is -4.26. The quantitative estimate of drug-likeness (QED) is 0.856. The number of H-pyrrole nitrogens is 1. The topological polar surface area (TPSA) is 56.8 Å². The van der Waals surface area contributed by atoms with Crippen molar-refractivity contribution >= 4 is 16.6 Å². The number of halogens is 3. The van der Waals surface area contributed by atoms with Gasteiger partial charge in [0.15, 0.2) is 5.65 Å². The van der Waals surface area contributed by atoms with E-state index in [4.69, 9.17) is 0 Å². The molecule has 0 amide bonds. The number of dihydropyridines is 1. The molecule has 0 aromatic carbocycles. The number of nitrogens with one attached hydrogen (secondary N) is 2. The van der Waals surface area contributed by atoms with Crippen molar-refractivity contribution in [2.75, 3.05) is 6.54 Å². The Bertz CT molecular complexity index is 909. The molecule has 2 aromatic heterocycles. The highest BCUT2D eigenvalue weighted by Crippen LogP contribution is 2.36. The molecule has 1 atom stereocenters. The summed E-state index contributed by atoms with van der Waals surface area (Å²) in [5.41, 5.74) is 2.82. The van der Waals surface area contributed by atoms with Gasteiger partial charge in [-0.05, 0) is 48.6 Å². The maximum absolute atomic E-state index is 13.5. The van der Waals surface area contributed by atoms with Gasteiger partial charge in [0.25, 0.3) is 0 Å². The fourth-order valence-corrected chi connectivity index (χ4v) is 3.59. The summed E-state index contributed by atoms with van der Waals surface area (Å²) in [6.07, 6.45) is 4.04. The van der Waals surface area contributed by atoms with Gasteiger partial charge in [-0.3, -0.25) is 5.10 Å². The van der Waals surface area contributed by atoms with Crippen LogP contribution in [0.15, 0.2) is 48.7 Å². The summed E-state index contributed by atoms with van der Waals surface area (Å²) >= 11 is 0. The number of hydrogen-bond acceptors (Lipinski definition) is 4. The van der Waals surface area contributed by atoms with E-state index in [2.05, 4.69) is 27.1 Å². The first-order valence-electron chi connectivity index (χ1n) is 8.44. The number of pyridine rings is 1. The normalized spacial score (nSPS) is 21.4. The molecule has 8 heteroatoms. The van der Waals surface area contributed by atoms with Gasteiger partial charge in [-0.2, -0.15) is 18.3 Å². The molecule has 1 fully saturated rings. The Hall–Kier alpha value is -2.77. The lowest BCUT2D eigenvalue weighted by Crippen LogP contribution is -2.50. The van der Waals surface area contributed by atoms with Crippen molar-refractivity contribution in [2.24, 2.45) is 0 Å². The number of alkyl halides is 3. The zero-order valence-electron chi connectivity index (χ0n) is 14.0. The van der Waals surface area contributed by atoms with Crippen LogP contribution in [-0.4, -0.2) is 38.8 Å². The molecular formula is C18H18F3N5. The van der Waals surface area contributed by atoms with Crippen molar-refractivity contribution in [1.29, 1.82) is 0 Å². The predicted octanol–water partition coefficient (Wildman–Crippen LogP) is 3.72. The zero-order valence-corrected chi connectivity index (χ0v) is 14.0. The molecule has 2 aliphatic rings. The van der Waals surface area contributed by atoms with Gasteiger partial charge in [0.05, 0.1) is 6.20 Å². The van der Waals surface area contributed by atoms with Crippen molar-refractivity contribution in [3.8, 4) is 0 Å². The summed E-state index contributed by atoms with van der Waals surface area (Å²) in [6, 6.07) is 0.349. The van der Waals surface area contributed by atoms with Gasteiger partial charge >= 0.3 is 6.18 Å². The maximum Gasteiger partial charge on any atom is 0.408 e. The molecule has 2 N–H and O–H groups in total. The van der Waals surface area contributed by atoms with Gasteiger partial charge < -0.3 is 10.2 Å². The Morgan fingerprint density at radius 2 is 2.08 bits per heavy atom. The van der Waals surface area contributed by atoms with Crippen molar-refractivity contribution in [2.45, 2.75) is 31.5 Å². The number of rotatable bonds is 2. The summed E-state index contributed by atoms with van der Waals surface area (Å²) in [6.45, 7) is 4.28. The lowest BCUT2D eigenvalue weighted by molar-refractivity contribution is -0.186. The van der Waals surface area contributed by atoms with Crippen LogP contribution in [0.3, 0.4) is 0 Å². The lowest BCUT2D eigenvalue weighted by Gasteiger charge is -2.40. The molecule has 0 spiro atoms. The molecule has 0 saturated carbocycles. The van der Waals surface area contributed by atoms with Crippen molar-refractivity contribution < 1.29 is 13.2 Å². The molecule has 1 saturated heterocycles. The highest BCUT2D eigenvalue weighted by atomic mass is 19.4. The second-order valence-electron chi connectivity index (χ2n) is 6.52.